The summed E-state index contributed by atoms with van der Waals surface area (Å²) in [5.74, 6) is 0.00239. The SMILES string of the molecule is CC.COCC(N)CNc1ncc(C(N)=O)c(Nc2cccc3nn(C)cc23)n1. The number of ether oxygens (including phenoxy) is 1. The Morgan fingerprint density at radius 1 is 1.34 bits per heavy atom. The fourth-order valence-corrected chi connectivity index (χ4v) is 2.64. The highest BCUT2D eigenvalue weighted by Crippen LogP contribution is 2.26. The Labute approximate surface area is 169 Å². The quantitative estimate of drug-likeness (QED) is 0.446. The van der Waals surface area contributed by atoms with Crippen molar-refractivity contribution in [1.82, 2.24) is 19.7 Å². The first-order chi connectivity index (χ1) is 14.0. The Morgan fingerprint density at radius 3 is 2.79 bits per heavy atom. The van der Waals surface area contributed by atoms with Gasteiger partial charge in [0, 0.05) is 44.5 Å². The molecule has 0 aliphatic rings. The van der Waals surface area contributed by atoms with E-state index in [1.165, 1.54) is 6.20 Å². The average Bonchev–Trinajstić information content (AvgIpc) is 3.09. The van der Waals surface area contributed by atoms with Crippen LogP contribution in [0.15, 0.2) is 30.6 Å². The lowest BCUT2D eigenvalue weighted by Crippen LogP contribution is -2.33. The number of anilines is 3. The number of fused-ring (bicyclic) bond motifs is 1. The Balaban J connectivity index is 0.00000145. The number of amides is 1. The van der Waals surface area contributed by atoms with Crippen LogP contribution in [0.4, 0.5) is 17.5 Å². The molecule has 156 valence electrons. The summed E-state index contributed by atoms with van der Waals surface area (Å²) in [6.07, 6.45) is 3.26. The highest BCUT2D eigenvalue weighted by atomic mass is 16.5. The molecule has 1 unspecified atom stereocenters. The summed E-state index contributed by atoms with van der Waals surface area (Å²) in [6.45, 7) is 4.82. The van der Waals surface area contributed by atoms with Gasteiger partial charge < -0.3 is 26.8 Å². The molecule has 0 saturated carbocycles. The van der Waals surface area contributed by atoms with Gasteiger partial charge in [-0.2, -0.15) is 10.1 Å². The molecule has 0 saturated heterocycles. The van der Waals surface area contributed by atoms with Crippen LogP contribution in [0.5, 0.6) is 0 Å². The maximum atomic E-state index is 11.8. The van der Waals surface area contributed by atoms with E-state index in [-0.39, 0.29) is 11.6 Å². The zero-order valence-electron chi connectivity index (χ0n) is 17.1. The van der Waals surface area contributed by atoms with E-state index in [1.54, 1.807) is 11.8 Å². The molecule has 3 rings (SSSR count). The van der Waals surface area contributed by atoms with E-state index in [0.717, 1.165) is 16.6 Å². The number of benzene rings is 1. The number of carbonyl (C=O) groups is 1. The van der Waals surface area contributed by atoms with Crippen molar-refractivity contribution >= 4 is 34.3 Å². The fraction of sp³-hybridized carbons (Fsp3) is 0.368. The molecule has 2 aromatic heterocycles. The van der Waals surface area contributed by atoms with Crippen molar-refractivity contribution in [2.75, 3.05) is 30.9 Å². The second-order valence-electron chi connectivity index (χ2n) is 6.08. The number of primary amides is 1. The van der Waals surface area contributed by atoms with E-state index >= 15 is 0 Å². The number of hydrogen-bond donors (Lipinski definition) is 4. The van der Waals surface area contributed by atoms with Crippen LogP contribution in [-0.2, 0) is 11.8 Å². The minimum Gasteiger partial charge on any atom is -0.383 e. The molecule has 10 nitrogen and oxygen atoms in total. The van der Waals surface area contributed by atoms with Crippen LogP contribution in [0.3, 0.4) is 0 Å². The largest absolute Gasteiger partial charge is 0.383 e. The molecule has 6 N–H and O–H groups in total. The molecule has 1 atom stereocenters. The monoisotopic (exact) mass is 400 g/mol. The summed E-state index contributed by atoms with van der Waals surface area (Å²) in [6, 6.07) is 5.43. The van der Waals surface area contributed by atoms with Gasteiger partial charge in [0.25, 0.3) is 5.91 Å². The maximum absolute atomic E-state index is 11.8. The Hall–Kier alpha value is -3.24. The molecule has 0 aliphatic heterocycles. The lowest BCUT2D eigenvalue weighted by atomic mass is 10.2. The normalized spacial score (nSPS) is 11.5. The fourth-order valence-electron chi connectivity index (χ4n) is 2.64. The van der Waals surface area contributed by atoms with Crippen LogP contribution in [0.1, 0.15) is 24.2 Å². The van der Waals surface area contributed by atoms with E-state index < -0.39 is 5.91 Å². The van der Waals surface area contributed by atoms with Crippen molar-refractivity contribution in [1.29, 1.82) is 0 Å². The highest BCUT2D eigenvalue weighted by Gasteiger charge is 2.14. The maximum Gasteiger partial charge on any atom is 0.254 e. The van der Waals surface area contributed by atoms with Gasteiger partial charge in [-0.1, -0.05) is 19.9 Å². The summed E-state index contributed by atoms with van der Waals surface area (Å²) in [5.41, 5.74) is 13.1. The standard InChI is InChI=1S/C17H22N8O2.C2H6/c1-25-8-12-13(4-3-5-14(12)24-25)22-16-11(15(19)26)7-21-17(23-16)20-6-10(18)9-27-2;1-2/h3-5,7-8,10H,6,9,18H2,1-2H3,(H2,19,26)(H2,20,21,22,23);1-2H3. The number of rotatable bonds is 8. The van der Waals surface area contributed by atoms with Gasteiger partial charge in [0.2, 0.25) is 5.95 Å². The van der Waals surface area contributed by atoms with Crippen LogP contribution in [-0.4, -0.2) is 52.0 Å². The first-order valence-corrected chi connectivity index (χ1v) is 9.32. The molecule has 0 bridgehead atoms. The van der Waals surface area contributed by atoms with Gasteiger partial charge in [-0.3, -0.25) is 9.48 Å². The first kappa shape index (κ1) is 22.1. The van der Waals surface area contributed by atoms with Gasteiger partial charge in [0.05, 0.1) is 17.8 Å². The van der Waals surface area contributed by atoms with Crippen molar-refractivity contribution < 1.29 is 9.53 Å². The number of nitrogens with zero attached hydrogens (tertiary/aromatic N) is 4. The summed E-state index contributed by atoms with van der Waals surface area (Å²) in [5, 5.41) is 11.5. The molecular formula is C19H28N8O2. The Kier molecular flexibility index (Phi) is 7.87. The second kappa shape index (κ2) is 10.3. The summed E-state index contributed by atoms with van der Waals surface area (Å²) in [7, 11) is 3.42. The molecular weight excluding hydrogens is 372 g/mol. The molecule has 3 aromatic rings. The molecule has 0 radical (unpaired) electrons. The number of aryl methyl sites for hydroxylation is 1. The molecule has 2 heterocycles. The molecule has 0 fully saturated rings. The van der Waals surface area contributed by atoms with Crippen molar-refractivity contribution in [3.8, 4) is 0 Å². The van der Waals surface area contributed by atoms with Gasteiger partial charge in [0.15, 0.2) is 0 Å². The van der Waals surface area contributed by atoms with Gasteiger partial charge in [0.1, 0.15) is 11.4 Å². The van der Waals surface area contributed by atoms with Gasteiger partial charge in [-0.25, -0.2) is 4.98 Å². The van der Waals surface area contributed by atoms with Gasteiger partial charge in [-0.05, 0) is 12.1 Å². The second-order valence-corrected chi connectivity index (χ2v) is 6.08. The van der Waals surface area contributed by atoms with Gasteiger partial charge >= 0.3 is 0 Å². The minimum absolute atomic E-state index is 0.183. The van der Waals surface area contributed by atoms with Crippen molar-refractivity contribution in [2.45, 2.75) is 19.9 Å². The summed E-state index contributed by atoms with van der Waals surface area (Å²) in [4.78, 5) is 20.3. The molecule has 29 heavy (non-hydrogen) atoms. The Morgan fingerprint density at radius 2 is 2.10 bits per heavy atom. The number of methoxy groups -OCH3 is 1. The molecule has 1 aromatic carbocycles. The van der Waals surface area contributed by atoms with Crippen molar-refractivity contribution in [2.24, 2.45) is 18.5 Å². The van der Waals surface area contributed by atoms with Gasteiger partial charge in [-0.15, -0.1) is 0 Å². The smallest absolute Gasteiger partial charge is 0.254 e. The van der Waals surface area contributed by atoms with Crippen LogP contribution in [0.25, 0.3) is 10.9 Å². The first-order valence-electron chi connectivity index (χ1n) is 9.32. The highest BCUT2D eigenvalue weighted by molar-refractivity contribution is 6.00. The zero-order chi connectivity index (χ0) is 21.4. The predicted molar refractivity (Wildman–Crippen MR) is 114 cm³/mol. The number of carbonyl (C=O) groups excluding carboxylic acids is 1. The Bertz CT molecular complexity index is 957. The summed E-state index contributed by atoms with van der Waals surface area (Å²) >= 11 is 0. The molecule has 0 aliphatic carbocycles. The van der Waals surface area contributed by atoms with Crippen molar-refractivity contribution in [3.63, 3.8) is 0 Å². The average molecular weight is 400 g/mol. The topological polar surface area (TPSA) is 146 Å². The number of hydrogen-bond acceptors (Lipinski definition) is 8. The molecule has 0 spiro atoms. The number of aromatic nitrogens is 4. The van der Waals surface area contributed by atoms with E-state index in [0.29, 0.717) is 24.9 Å². The van der Waals surface area contributed by atoms with E-state index in [2.05, 4.69) is 25.7 Å². The molecule has 10 heteroatoms. The lowest BCUT2D eigenvalue weighted by molar-refractivity contribution is 0.100. The van der Waals surface area contributed by atoms with Crippen LogP contribution >= 0.6 is 0 Å². The van der Waals surface area contributed by atoms with E-state index in [1.807, 2.05) is 45.3 Å². The van der Waals surface area contributed by atoms with E-state index in [4.69, 9.17) is 16.2 Å². The third-order valence-electron chi connectivity index (χ3n) is 3.87. The van der Waals surface area contributed by atoms with Crippen molar-refractivity contribution in [3.05, 3.63) is 36.2 Å². The van der Waals surface area contributed by atoms with Crippen LogP contribution in [0, 0.1) is 0 Å². The number of nitrogens with two attached hydrogens (primary N) is 2. The lowest BCUT2D eigenvalue weighted by Gasteiger charge is -2.14. The number of nitrogens with one attached hydrogen (secondary N) is 2. The third kappa shape index (κ3) is 5.62. The van der Waals surface area contributed by atoms with Crippen LogP contribution in [0.2, 0.25) is 0 Å². The third-order valence-corrected chi connectivity index (χ3v) is 3.87. The van der Waals surface area contributed by atoms with Crippen LogP contribution < -0.4 is 22.1 Å². The molecule has 1 amide bonds. The zero-order valence-corrected chi connectivity index (χ0v) is 17.1. The van der Waals surface area contributed by atoms with E-state index in [9.17, 15) is 4.79 Å². The minimum atomic E-state index is -0.626. The summed E-state index contributed by atoms with van der Waals surface area (Å²) < 4.78 is 6.72. The predicted octanol–water partition coefficient (Wildman–Crippen LogP) is 1.62.